The number of carbonyl (C=O) groups is 1. The zero-order valence-corrected chi connectivity index (χ0v) is 25.5. The first kappa shape index (κ1) is 30.8. The Morgan fingerprint density at radius 2 is 1.50 bits per heavy atom. The van der Waals surface area contributed by atoms with Gasteiger partial charge in [-0.15, -0.1) is 0 Å². The number of hydrogen-bond acceptors (Lipinski definition) is 8. The molecule has 4 heterocycles. The molecular formula is C32H38F3N5O3S. The smallest absolute Gasteiger partial charge is 0.416 e. The molecule has 12 heteroatoms. The minimum absolute atomic E-state index is 0.247. The van der Waals surface area contributed by atoms with Crippen LogP contribution in [0.4, 0.5) is 29.3 Å². The predicted molar refractivity (Wildman–Crippen MR) is 163 cm³/mol. The van der Waals surface area contributed by atoms with Crippen molar-refractivity contribution in [3.8, 4) is 0 Å². The van der Waals surface area contributed by atoms with Crippen LogP contribution in [0.25, 0.3) is 0 Å². The van der Waals surface area contributed by atoms with Crippen molar-refractivity contribution in [3.05, 3.63) is 72.2 Å². The van der Waals surface area contributed by atoms with Crippen molar-refractivity contribution in [2.45, 2.75) is 28.9 Å². The summed E-state index contributed by atoms with van der Waals surface area (Å²) in [6.07, 6.45) is -2.11. The van der Waals surface area contributed by atoms with Gasteiger partial charge in [-0.2, -0.15) is 13.2 Å². The number of amides is 1. The summed E-state index contributed by atoms with van der Waals surface area (Å²) in [5.74, 6) is 0.932. The Balaban J connectivity index is 0.913. The van der Waals surface area contributed by atoms with E-state index in [0.717, 1.165) is 80.0 Å². The minimum atomic E-state index is -4.38. The average Bonchev–Trinajstić information content (AvgIpc) is 3.54. The number of benzene rings is 2. The highest BCUT2D eigenvalue weighted by Crippen LogP contribution is 2.49. The molecule has 236 valence electrons. The second kappa shape index (κ2) is 13.8. The molecule has 1 aromatic heterocycles. The SMILES string of the molecule is O=C(OCCN1CCN(CCCN2c3ccccc3Sc3ccc(C(F)(F)F)cc32)CC1)N1CCN(Cc2ccco2)CC1. The molecular weight excluding hydrogens is 591 g/mol. The van der Waals surface area contributed by atoms with Crippen molar-refractivity contribution in [2.24, 2.45) is 0 Å². The van der Waals surface area contributed by atoms with Crippen LogP contribution in [-0.4, -0.2) is 104 Å². The maximum Gasteiger partial charge on any atom is 0.416 e. The summed E-state index contributed by atoms with van der Waals surface area (Å²) in [6.45, 7) is 9.83. The van der Waals surface area contributed by atoms with E-state index in [9.17, 15) is 18.0 Å². The molecule has 3 aliphatic heterocycles. The molecule has 2 fully saturated rings. The van der Waals surface area contributed by atoms with E-state index in [2.05, 4.69) is 14.7 Å². The van der Waals surface area contributed by atoms with Crippen molar-refractivity contribution in [3.63, 3.8) is 0 Å². The van der Waals surface area contributed by atoms with Gasteiger partial charge < -0.3 is 23.9 Å². The van der Waals surface area contributed by atoms with Crippen LogP contribution in [0.1, 0.15) is 17.7 Å². The quantitative estimate of drug-likeness (QED) is 0.292. The molecule has 6 rings (SSSR count). The number of ether oxygens (including phenoxy) is 1. The highest BCUT2D eigenvalue weighted by atomic mass is 32.2. The second-order valence-electron chi connectivity index (χ2n) is 11.4. The molecule has 8 nitrogen and oxygen atoms in total. The standard InChI is InChI=1S/C32H38F3N5O3S/c33-32(34,35)25-8-9-30-28(23-25)40(27-6-1-2-7-29(27)44-30)11-4-10-36-12-14-37(15-13-36)20-22-43-31(41)39-18-16-38(17-19-39)24-26-5-3-21-42-26/h1-3,5-9,21,23H,4,10-20,22,24H2. The van der Waals surface area contributed by atoms with Crippen LogP contribution >= 0.6 is 11.8 Å². The number of nitrogens with zero attached hydrogens (tertiary/aromatic N) is 5. The van der Waals surface area contributed by atoms with E-state index < -0.39 is 11.7 Å². The number of carbonyl (C=O) groups excluding carboxylic acids is 1. The molecule has 2 saturated heterocycles. The highest BCUT2D eigenvalue weighted by Gasteiger charge is 2.33. The number of furan rings is 1. The van der Waals surface area contributed by atoms with Crippen LogP contribution in [0.15, 0.2) is 75.1 Å². The highest BCUT2D eigenvalue weighted by molar-refractivity contribution is 7.99. The van der Waals surface area contributed by atoms with Gasteiger partial charge >= 0.3 is 12.3 Å². The first-order valence-electron chi connectivity index (χ1n) is 15.2. The summed E-state index contributed by atoms with van der Waals surface area (Å²) >= 11 is 1.52. The number of rotatable bonds is 9. The van der Waals surface area contributed by atoms with Crippen LogP contribution in [0.5, 0.6) is 0 Å². The van der Waals surface area contributed by atoms with Crippen LogP contribution in [0.3, 0.4) is 0 Å². The fraction of sp³-hybridized carbons (Fsp3) is 0.469. The van der Waals surface area contributed by atoms with Gasteiger partial charge in [0.1, 0.15) is 12.4 Å². The Kier molecular flexibility index (Phi) is 9.70. The zero-order valence-electron chi connectivity index (χ0n) is 24.7. The van der Waals surface area contributed by atoms with Gasteiger partial charge in [0.2, 0.25) is 0 Å². The third kappa shape index (κ3) is 7.53. The van der Waals surface area contributed by atoms with E-state index >= 15 is 0 Å². The van der Waals surface area contributed by atoms with Crippen molar-refractivity contribution >= 4 is 29.2 Å². The molecule has 0 radical (unpaired) electrons. The topological polar surface area (TPSA) is 55.6 Å². The lowest BCUT2D eigenvalue weighted by Gasteiger charge is -2.36. The van der Waals surface area contributed by atoms with Gasteiger partial charge in [0.05, 0.1) is 29.7 Å². The van der Waals surface area contributed by atoms with Gasteiger partial charge in [-0.25, -0.2) is 4.79 Å². The first-order valence-corrected chi connectivity index (χ1v) is 16.0. The Morgan fingerprint density at radius 1 is 0.795 bits per heavy atom. The molecule has 3 aromatic rings. The van der Waals surface area contributed by atoms with Crippen molar-refractivity contribution in [1.29, 1.82) is 0 Å². The van der Waals surface area contributed by atoms with E-state index in [0.29, 0.717) is 38.5 Å². The van der Waals surface area contributed by atoms with E-state index in [4.69, 9.17) is 9.15 Å². The van der Waals surface area contributed by atoms with Gasteiger partial charge in [-0.05, 0) is 55.4 Å². The summed E-state index contributed by atoms with van der Waals surface area (Å²) in [7, 11) is 0. The molecule has 3 aliphatic rings. The number of fused-ring (bicyclic) bond motifs is 2. The van der Waals surface area contributed by atoms with Crippen LogP contribution < -0.4 is 4.90 Å². The Hall–Kier alpha value is -3.19. The molecule has 2 aromatic carbocycles. The lowest BCUT2D eigenvalue weighted by Crippen LogP contribution is -2.49. The number of halogens is 3. The number of piperazine rings is 2. The number of para-hydroxylation sites is 1. The summed E-state index contributed by atoms with van der Waals surface area (Å²) in [6, 6.07) is 15.8. The normalized spacial score (nSPS) is 18.2. The van der Waals surface area contributed by atoms with Gasteiger partial charge in [0.25, 0.3) is 0 Å². The Morgan fingerprint density at radius 3 is 2.23 bits per heavy atom. The monoisotopic (exact) mass is 629 g/mol. The molecule has 44 heavy (non-hydrogen) atoms. The van der Waals surface area contributed by atoms with E-state index in [1.54, 1.807) is 17.2 Å². The van der Waals surface area contributed by atoms with Crippen LogP contribution in [-0.2, 0) is 17.5 Å². The predicted octanol–water partition coefficient (Wildman–Crippen LogP) is 5.86. The number of anilines is 2. The van der Waals surface area contributed by atoms with Crippen molar-refractivity contribution in [2.75, 3.05) is 83.5 Å². The number of alkyl halides is 3. The molecule has 0 aliphatic carbocycles. The lowest BCUT2D eigenvalue weighted by atomic mass is 10.1. The molecule has 0 bridgehead atoms. The Bertz CT molecular complexity index is 1390. The molecule has 0 spiro atoms. The average molecular weight is 630 g/mol. The van der Waals surface area contributed by atoms with Crippen molar-refractivity contribution < 1.29 is 27.1 Å². The Labute approximate surface area is 260 Å². The fourth-order valence-corrected chi connectivity index (χ4v) is 7.08. The van der Waals surface area contributed by atoms with Crippen LogP contribution in [0, 0.1) is 0 Å². The largest absolute Gasteiger partial charge is 0.468 e. The van der Waals surface area contributed by atoms with Gasteiger partial charge in [-0.3, -0.25) is 9.80 Å². The molecule has 1 amide bonds. The third-order valence-electron chi connectivity index (χ3n) is 8.50. The molecule has 0 atom stereocenters. The maximum absolute atomic E-state index is 13.5. The van der Waals surface area contributed by atoms with Gasteiger partial charge in [-0.1, -0.05) is 23.9 Å². The fourth-order valence-electron chi connectivity index (χ4n) is 6.00. The minimum Gasteiger partial charge on any atom is -0.468 e. The second-order valence-corrected chi connectivity index (χ2v) is 12.5. The van der Waals surface area contributed by atoms with Gasteiger partial charge in [0, 0.05) is 75.2 Å². The summed E-state index contributed by atoms with van der Waals surface area (Å²) in [5.41, 5.74) is 0.963. The zero-order chi connectivity index (χ0) is 30.5. The van der Waals surface area contributed by atoms with E-state index in [1.807, 2.05) is 41.3 Å². The van der Waals surface area contributed by atoms with E-state index in [-0.39, 0.29) is 6.09 Å². The molecule has 0 unspecified atom stereocenters. The summed E-state index contributed by atoms with van der Waals surface area (Å²) in [5, 5.41) is 0. The number of hydrogen-bond donors (Lipinski definition) is 0. The van der Waals surface area contributed by atoms with Crippen LogP contribution in [0.2, 0.25) is 0 Å². The lowest BCUT2D eigenvalue weighted by molar-refractivity contribution is -0.137. The molecule has 0 N–H and O–H groups in total. The van der Waals surface area contributed by atoms with E-state index in [1.165, 1.54) is 23.9 Å². The maximum atomic E-state index is 13.5. The van der Waals surface area contributed by atoms with Crippen molar-refractivity contribution in [1.82, 2.24) is 19.6 Å². The third-order valence-corrected chi connectivity index (χ3v) is 9.63. The van der Waals surface area contributed by atoms with Gasteiger partial charge in [0.15, 0.2) is 0 Å². The summed E-state index contributed by atoms with van der Waals surface area (Å²) in [4.78, 5) is 25.3. The summed E-state index contributed by atoms with van der Waals surface area (Å²) < 4.78 is 51.5. The molecule has 0 saturated carbocycles. The first-order chi connectivity index (χ1) is 21.3.